The summed E-state index contributed by atoms with van der Waals surface area (Å²) in [6.45, 7) is 4.13. The van der Waals surface area contributed by atoms with Crippen LogP contribution in [0.4, 0.5) is 14.6 Å². The Kier molecular flexibility index (Phi) is 5.12. The number of alkyl halides is 2. The van der Waals surface area contributed by atoms with Crippen LogP contribution in [0, 0.1) is 12.7 Å². The van der Waals surface area contributed by atoms with Gasteiger partial charge in [-0.1, -0.05) is 0 Å². The minimum atomic E-state index is -0.905. The SMILES string of the molecule is Cc1nc2c3c(nc(O[I-][C@@]45CCCN4C[C@H](F)C5)nc3c1F)N1CC=CCC[C@H]1CO2. The van der Waals surface area contributed by atoms with Crippen LogP contribution in [0.1, 0.15) is 37.8 Å². The van der Waals surface area contributed by atoms with E-state index in [9.17, 15) is 4.39 Å². The van der Waals surface area contributed by atoms with E-state index in [2.05, 4.69) is 31.9 Å². The molecule has 6 heterocycles. The van der Waals surface area contributed by atoms with Gasteiger partial charge in [0.25, 0.3) is 0 Å². The second-order valence-electron chi connectivity index (χ2n) is 8.96. The van der Waals surface area contributed by atoms with Crippen LogP contribution < -0.4 is 34.3 Å². The summed E-state index contributed by atoms with van der Waals surface area (Å²) in [6, 6.07) is 0.280. The van der Waals surface area contributed by atoms with Crippen LogP contribution >= 0.6 is 0 Å². The van der Waals surface area contributed by atoms with E-state index in [4.69, 9.17) is 12.8 Å². The van der Waals surface area contributed by atoms with Gasteiger partial charge >= 0.3 is 196 Å². The maximum absolute atomic E-state index is 15.2. The average molecular weight is 556 g/mol. The zero-order valence-corrected chi connectivity index (χ0v) is 20.0. The summed E-state index contributed by atoms with van der Waals surface area (Å²) in [4.78, 5) is 18.0. The molecule has 6 rings (SSSR count). The Bertz CT molecular complexity index is 1100. The first-order valence-corrected chi connectivity index (χ1v) is 13.1. The van der Waals surface area contributed by atoms with E-state index in [0.29, 0.717) is 43.2 Å². The molecule has 0 saturated carbocycles. The Balaban J connectivity index is 1.42. The van der Waals surface area contributed by atoms with Crippen LogP contribution in [0.3, 0.4) is 0 Å². The van der Waals surface area contributed by atoms with Gasteiger partial charge in [0, 0.05) is 0 Å². The van der Waals surface area contributed by atoms with Crippen LogP contribution in [0.5, 0.6) is 11.9 Å². The maximum atomic E-state index is 15.2. The number of anilines is 1. The number of allylic oxidation sites excluding steroid dienone is 1. The number of aromatic nitrogens is 3. The summed E-state index contributed by atoms with van der Waals surface area (Å²) in [5.41, 5.74) is 0.423. The Morgan fingerprint density at radius 2 is 2.19 bits per heavy atom. The number of hydrogen-bond donors (Lipinski definition) is 0. The van der Waals surface area contributed by atoms with E-state index < -0.39 is 33.6 Å². The van der Waals surface area contributed by atoms with Crippen molar-refractivity contribution in [2.45, 2.75) is 54.8 Å². The number of aryl methyl sites for hydroxylation is 1. The van der Waals surface area contributed by atoms with Crippen molar-refractivity contribution in [3.8, 4) is 11.9 Å². The summed E-state index contributed by atoms with van der Waals surface area (Å²) >= 11 is -0.905. The number of fused-ring (bicyclic) bond motifs is 3. The average Bonchev–Trinajstić information content (AvgIpc) is 3.12. The van der Waals surface area contributed by atoms with Gasteiger partial charge in [0.1, 0.15) is 0 Å². The van der Waals surface area contributed by atoms with Gasteiger partial charge in [0.15, 0.2) is 0 Å². The summed E-state index contributed by atoms with van der Waals surface area (Å²) < 4.78 is 41.4. The summed E-state index contributed by atoms with van der Waals surface area (Å²) in [5, 5.41) is 0.502. The molecule has 2 aromatic heterocycles. The molecule has 4 aliphatic heterocycles. The van der Waals surface area contributed by atoms with Crippen LogP contribution in [0.2, 0.25) is 0 Å². The Hall–Kier alpha value is -1.82. The van der Waals surface area contributed by atoms with Crippen molar-refractivity contribution in [3.05, 3.63) is 23.7 Å². The van der Waals surface area contributed by atoms with Crippen molar-refractivity contribution in [1.82, 2.24) is 19.9 Å². The van der Waals surface area contributed by atoms with E-state index in [1.54, 1.807) is 6.92 Å². The van der Waals surface area contributed by atoms with Gasteiger partial charge in [0.05, 0.1) is 0 Å². The molecule has 7 nitrogen and oxygen atoms in total. The fourth-order valence-corrected chi connectivity index (χ4v) is 8.10. The molecule has 2 aromatic rings. The third-order valence-electron chi connectivity index (χ3n) is 6.90. The van der Waals surface area contributed by atoms with Gasteiger partial charge in [-0.3, -0.25) is 0 Å². The fraction of sp³-hybridized carbons (Fsp3) is 0.591. The minimum absolute atomic E-state index is 0.106. The normalized spacial score (nSPS) is 29.5. The summed E-state index contributed by atoms with van der Waals surface area (Å²) in [7, 11) is 0. The fourth-order valence-electron chi connectivity index (χ4n) is 5.32. The van der Waals surface area contributed by atoms with Gasteiger partial charge in [-0.15, -0.1) is 0 Å². The summed E-state index contributed by atoms with van der Waals surface area (Å²) in [5.74, 6) is 0.511. The standard InChI is InChI=1S/C22H25F2IN5O2/c1-13-17(24)18-16-19(30-9-4-2-3-6-15(30)12-31-20(16)26-13)28-21(27-18)32-25-22-7-5-8-29(22)11-14(23)10-22/h2,4,14-15H,3,5-12H2,1H3/q-1/t14-,15+,22+/m1/s1. The third-order valence-corrected chi connectivity index (χ3v) is 9.99. The molecular weight excluding hydrogens is 531 g/mol. The molecule has 0 spiro atoms. The molecule has 3 atom stereocenters. The molecule has 0 aliphatic carbocycles. The summed E-state index contributed by atoms with van der Waals surface area (Å²) in [6.07, 6.45) is 7.83. The molecule has 0 bridgehead atoms. The molecule has 4 aliphatic rings. The topological polar surface area (TPSA) is 63.6 Å². The van der Waals surface area contributed by atoms with Gasteiger partial charge in [0.2, 0.25) is 0 Å². The van der Waals surface area contributed by atoms with Crippen molar-refractivity contribution in [2.75, 3.05) is 31.1 Å². The molecule has 172 valence electrons. The van der Waals surface area contributed by atoms with Gasteiger partial charge < -0.3 is 0 Å². The molecular formula is C22H25F2IN5O2-. The number of pyridine rings is 1. The monoisotopic (exact) mass is 556 g/mol. The van der Waals surface area contributed by atoms with E-state index in [1.165, 1.54) is 0 Å². The molecule has 2 fully saturated rings. The molecule has 0 unspecified atom stereocenters. The zero-order valence-electron chi connectivity index (χ0n) is 17.9. The van der Waals surface area contributed by atoms with Crippen molar-refractivity contribution in [3.63, 3.8) is 0 Å². The van der Waals surface area contributed by atoms with Crippen LogP contribution in [-0.2, 0) is 0 Å². The predicted molar refractivity (Wildman–Crippen MR) is 111 cm³/mol. The van der Waals surface area contributed by atoms with Gasteiger partial charge in [-0.25, -0.2) is 0 Å². The van der Waals surface area contributed by atoms with Gasteiger partial charge in [-0.05, 0) is 0 Å². The predicted octanol–water partition coefficient (Wildman–Crippen LogP) is 0.306. The second-order valence-corrected chi connectivity index (χ2v) is 11.8. The zero-order chi connectivity index (χ0) is 21.9. The van der Waals surface area contributed by atoms with Crippen molar-refractivity contribution >= 4 is 16.7 Å². The number of rotatable bonds is 3. The number of ether oxygens (including phenoxy) is 1. The quantitative estimate of drug-likeness (QED) is 0.234. The second kappa shape index (κ2) is 7.89. The van der Waals surface area contributed by atoms with E-state index in [0.717, 1.165) is 32.2 Å². The van der Waals surface area contributed by atoms with Gasteiger partial charge in [-0.2, -0.15) is 0 Å². The van der Waals surface area contributed by atoms with E-state index >= 15 is 4.39 Å². The molecule has 0 aromatic carbocycles. The first-order chi connectivity index (χ1) is 15.5. The molecule has 0 N–H and O–H groups in total. The van der Waals surface area contributed by atoms with Crippen LogP contribution in [-0.4, -0.2) is 61.9 Å². The molecule has 32 heavy (non-hydrogen) atoms. The van der Waals surface area contributed by atoms with E-state index in [1.807, 2.05) is 0 Å². The number of nitrogens with zero attached hydrogens (tertiary/aromatic N) is 5. The Morgan fingerprint density at radius 1 is 1.28 bits per heavy atom. The first-order valence-electron chi connectivity index (χ1n) is 11.2. The molecule has 2 saturated heterocycles. The van der Waals surface area contributed by atoms with Crippen molar-refractivity contribution in [2.24, 2.45) is 0 Å². The van der Waals surface area contributed by atoms with Crippen LogP contribution in [0.15, 0.2) is 12.2 Å². The van der Waals surface area contributed by atoms with Crippen molar-refractivity contribution < 1.29 is 38.2 Å². The van der Waals surface area contributed by atoms with Crippen molar-refractivity contribution in [1.29, 1.82) is 0 Å². The first kappa shape index (κ1) is 20.8. The Labute approximate surface area is 196 Å². The molecule has 0 amide bonds. The van der Waals surface area contributed by atoms with E-state index in [-0.39, 0.29) is 26.8 Å². The Morgan fingerprint density at radius 3 is 3.09 bits per heavy atom. The molecule has 0 radical (unpaired) electrons. The van der Waals surface area contributed by atoms with Crippen LogP contribution in [0.25, 0.3) is 10.9 Å². The molecule has 10 heteroatoms. The number of halogens is 3. The third kappa shape index (κ3) is 3.32. The number of hydrogen-bond acceptors (Lipinski definition) is 7.